The van der Waals surface area contributed by atoms with Crippen LogP contribution in [-0.2, 0) is 40.3 Å². The normalized spacial score (nSPS) is 11.6. The maximum Gasteiger partial charge on any atom is 2.00 e. The number of aromatic nitrogens is 4. The topological polar surface area (TPSA) is 44.9 Å². The van der Waals surface area contributed by atoms with Gasteiger partial charge in [-0.3, -0.25) is 4.68 Å². The molecule has 0 N–H and O–H groups in total. The second kappa shape index (κ2) is 15.0. The third kappa shape index (κ3) is 6.58. The quantitative estimate of drug-likeness (QED) is 0.129. The summed E-state index contributed by atoms with van der Waals surface area (Å²) in [5, 5.41) is 7.15. The predicted octanol–water partition coefficient (Wildman–Crippen LogP) is 11.7. The predicted molar refractivity (Wildman–Crippen MR) is 206 cm³/mol. The number of hydrogen-bond acceptors (Lipinski definition) is 3. The molecule has 0 saturated carbocycles. The molecule has 3 aromatic heterocycles. The first kappa shape index (κ1) is 36.3. The first-order valence-corrected chi connectivity index (χ1v) is 18.1. The van der Waals surface area contributed by atoms with Crippen molar-refractivity contribution in [3.8, 4) is 34.1 Å². The van der Waals surface area contributed by atoms with Crippen LogP contribution in [0.15, 0.2) is 85.3 Å². The van der Waals surface area contributed by atoms with Crippen LogP contribution in [-0.4, -0.2) is 19.3 Å². The number of nitrogens with zero attached hydrogens (tertiary/aromatic N) is 4. The standard InChI is InChI=1S/C45H46N4O.Pt/c1-9-35-36(10-2)43(28(4)5)45(44(29(6)7)37(35)11-3)31-26-47-48(27-31)32-15-14-16-33(24-32)50-34-19-20-39-38-17-12-13-18-40(38)49(41(39)25-34)42-23-30(8)21-22-46-42;/h12-23,26-29H,9-11H2,1-8H3;/q-2;+2. The molecule has 262 valence electrons. The second-order valence-corrected chi connectivity index (χ2v) is 13.8. The fourth-order valence-electron chi connectivity index (χ4n) is 7.92. The molecule has 7 rings (SSSR count). The van der Waals surface area contributed by atoms with Gasteiger partial charge in [-0.1, -0.05) is 72.2 Å². The Labute approximate surface area is 317 Å². The zero-order valence-corrected chi connectivity index (χ0v) is 33.1. The summed E-state index contributed by atoms with van der Waals surface area (Å²) in [4.78, 5) is 4.71. The molecule has 0 bridgehead atoms. The van der Waals surface area contributed by atoms with E-state index >= 15 is 0 Å². The molecule has 4 aromatic carbocycles. The van der Waals surface area contributed by atoms with Gasteiger partial charge in [0.15, 0.2) is 0 Å². The Hall–Kier alpha value is -4.47. The van der Waals surface area contributed by atoms with Crippen molar-refractivity contribution in [3.05, 3.63) is 131 Å². The molecule has 0 amide bonds. The van der Waals surface area contributed by atoms with Crippen LogP contribution in [0.1, 0.15) is 93.7 Å². The summed E-state index contributed by atoms with van der Waals surface area (Å²) in [7, 11) is 0. The van der Waals surface area contributed by atoms with E-state index in [1.165, 1.54) is 27.8 Å². The molecule has 3 heterocycles. The maximum atomic E-state index is 6.45. The monoisotopic (exact) mass is 853 g/mol. The van der Waals surface area contributed by atoms with Crippen molar-refractivity contribution >= 4 is 21.8 Å². The van der Waals surface area contributed by atoms with Crippen molar-refractivity contribution in [2.24, 2.45) is 0 Å². The van der Waals surface area contributed by atoms with Crippen LogP contribution in [0.3, 0.4) is 0 Å². The number of aryl methyl sites for hydroxylation is 1. The van der Waals surface area contributed by atoms with E-state index < -0.39 is 0 Å². The molecule has 6 heteroatoms. The number of benzene rings is 4. The molecule has 0 unspecified atom stereocenters. The van der Waals surface area contributed by atoms with Crippen molar-refractivity contribution in [1.29, 1.82) is 0 Å². The smallest absolute Gasteiger partial charge is 0.509 e. The number of rotatable bonds is 10. The van der Waals surface area contributed by atoms with E-state index in [2.05, 4.69) is 115 Å². The van der Waals surface area contributed by atoms with Crippen molar-refractivity contribution in [2.45, 2.75) is 86.5 Å². The van der Waals surface area contributed by atoms with Gasteiger partial charge in [-0.15, -0.1) is 35.7 Å². The van der Waals surface area contributed by atoms with Crippen molar-refractivity contribution in [3.63, 3.8) is 0 Å². The minimum atomic E-state index is 0. The van der Waals surface area contributed by atoms with E-state index in [-0.39, 0.29) is 21.1 Å². The number of para-hydroxylation sites is 1. The number of fused-ring (bicyclic) bond motifs is 3. The van der Waals surface area contributed by atoms with Gasteiger partial charge in [0.05, 0.1) is 6.20 Å². The third-order valence-electron chi connectivity index (χ3n) is 9.91. The van der Waals surface area contributed by atoms with Crippen LogP contribution in [0.2, 0.25) is 0 Å². The number of pyridine rings is 1. The fourth-order valence-corrected chi connectivity index (χ4v) is 7.92. The summed E-state index contributed by atoms with van der Waals surface area (Å²) in [5.41, 5.74) is 14.0. The molecular formula is C45H46N4OPt. The van der Waals surface area contributed by atoms with Crippen molar-refractivity contribution in [1.82, 2.24) is 19.3 Å². The van der Waals surface area contributed by atoms with Crippen molar-refractivity contribution < 1.29 is 25.8 Å². The average Bonchev–Trinajstić information content (AvgIpc) is 3.73. The molecule has 0 radical (unpaired) electrons. The summed E-state index contributed by atoms with van der Waals surface area (Å²) in [6.45, 7) is 18.3. The van der Waals surface area contributed by atoms with E-state index in [0.29, 0.717) is 23.3 Å². The molecule has 5 nitrogen and oxygen atoms in total. The molecule has 0 spiro atoms. The van der Waals surface area contributed by atoms with Gasteiger partial charge in [-0.05, 0) is 106 Å². The summed E-state index contributed by atoms with van der Waals surface area (Å²) in [5.74, 6) is 2.87. The van der Waals surface area contributed by atoms with E-state index in [1.807, 2.05) is 47.4 Å². The Morgan fingerprint density at radius 2 is 1.43 bits per heavy atom. The Kier molecular flexibility index (Phi) is 10.7. The Bertz CT molecular complexity index is 2310. The fraction of sp³-hybridized carbons (Fsp3) is 0.289. The molecule has 0 aliphatic carbocycles. The number of ether oxygens (including phenoxy) is 1. The summed E-state index contributed by atoms with van der Waals surface area (Å²) >= 11 is 0. The van der Waals surface area contributed by atoms with Gasteiger partial charge in [0.2, 0.25) is 0 Å². The summed E-state index contributed by atoms with van der Waals surface area (Å²) in [6.07, 6.45) is 9.16. The Balaban J connectivity index is 0.00000448. The molecule has 51 heavy (non-hydrogen) atoms. The van der Waals surface area contributed by atoms with E-state index in [0.717, 1.165) is 63.7 Å². The molecule has 0 aliphatic heterocycles. The molecule has 0 saturated heterocycles. The van der Waals surface area contributed by atoms with Crippen LogP contribution in [0.25, 0.3) is 44.4 Å². The third-order valence-corrected chi connectivity index (χ3v) is 9.91. The minimum Gasteiger partial charge on any atom is -0.509 e. The van der Waals surface area contributed by atoms with Crippen LogP contribution in [0.5, 0.6) is 11.5 Å². The summed E-state index contributed by atoms with van der Waals surface area (Å²) in [6, 6.07) is 29.6. The molecular weight excluding hydrogens is 808 g/mol. The first-order valence-electron chi connectivity index (χ1n) is 18.1. The Morgan fingerprint density at radius 3 is 2.10 bits per heavy atom. The minimum absolute atomic E-state index is 0. The van der Waals surface area contributed by atoms with Gasteiger partial charge in [0.1, 0.15) is 5.82 Å². The van der Waals surface area contributed by atoms with Gasteiger partial charge < -0.3 is 9.30 Å². The number of hydrogen-bond donors (Lipinski definition) is 0. The van der Waals surface area contributed by atoms with E-state index in [9.17, 15) is 0 Å². The van der Waals surface area contributed by atoms with Gasteiger partial charge in [-0.25, -0.2) is 4.98 Å². The Morgan fingerprint density at radius 1 is 0.745 bits per heavy atom. The molecule has 0 fully saturated rings. The van der Waals surface area contributed by atoms with Crippen LogP contribution in [0, 0.1) is 19.1 Å². The van der Waals surface area contributed by atoms with Crippen LogP contribution in [0.4, 0.5) is 0 Å². The van der Waals surface area contributed by atoms with Gasteiger partial charge in [0.25, 0.3) is 0 Å². The van der Waals surface area contributed by atoms with Crippen molar-refractivity contribution in [2.75, 3.05) is 0 Å². The van der Waals surface area contributed by atoms with Gasteiger partial charge in [-0.2, -0.15) is 17.2 Å². The van der Waals surface area contributed by atoms with Crippen LogP contribution >= 0.6 is 0 Å². The maximum absolute atomic E-state index is 6.45. The second-order valence-electron chi connectivity index (χ2n) is 13.8. The molecule has 0 atom stereocenters. The molecule has 0 aliphatic rings. The zero-order chi connectivity index (χ0) is 35.1. The molecule has 7 aromatic rings. The first-order chi connectivity index (χ1) is 24.2. The SMILES string of the molecule is CCc1c(CC)c(C(C)C)c(-c2cnn(-c3[c-]c(Oc4[c-]c5c(cc4)c4ccccc4n5-c4cc(C)ccn4)ccc3)c2)c(C(C)C)c1CC.[Pt+2]. The van der Waals surface area contributed by atoms with Crippen LogP contribution < -0.4 is 4.74 Å². The largest absolute Gasteiger partial charge is 2.00 e. The average molecular weight is 854 g/mol. The zero-order valence-electron chi connectivity index (χ0n) is 30.9. The van der Waals surface area contributed by atoms with E-state index in [4.69, 9.17) is 14.8 Å². The van der Waals surface area contributed by atoms with Gasteiger partial charge in [0, 0.05) is 35.0 Å². The van der Waals surface area contributed by atoms with Gasteiger partial charge >= 0.3 is 21.1 Å². The summed E-state index contributed by atoms with van der Waals surface area (Å²) < 4.78 is 10.5. The van der Waals surface area contributed by atoms with E-state index in [1.54, 1.807) is 5.56 Å².